The number of sulfonamides is 1. The van der Waals surface area contributed by atoms with Crippen molar-refractivity contribution in [3.05, 3.63) is 30.1 Å². The monoisotopic (exact) mass is 271 g/mol. The highest BCUT2D eigenvalue weighted by atomic mass is 32.2. The van der Waals surface area contributed by atoms with Crippen molar-refractivity contribution in [3.63, 3.8) is 0 Å². The van der Waals surface area contributed by atoms with Crippen LogP contribution in [0.25, 0.3) is 0 Å². The molecule has 0 N–H and O–H groups in total. The molecule has 5 heteroatoms. The zero-order valence-corrected chi connectivity index (χ0v) is 11.3. The smallest absolute Gasteiger partial charge is 0.207 e. The van der Waals surface area contributed by atoms with Crippen LogP contribution >= 0.6 is 0 Å². The van der Waals surface area contributed by atoms with Gasteiger partial charge in [-0.1, -0.05) is 19.1 Å². The molecule has 0 spiro atoms. The number of nitrogens with zero attached hydrogens (tertiary/aromatic N) is 1. The van der Waals surface area contributed by atoms with Crippen molar-refractivity contribution in [2.24, 2.45) is 5.92 Å². The number of benzene rings is 1. The summed E-state index contributed by atoms with van der Waals surface area (Å²) in [5.74, 6) is -0.138. The van der Waals surface area contributed by atoms with Crippen LogP contribution in [0, 0.1) is 11.7 Å². The van der Waals surface area contributed by atoms with E-state index in [2.05, 4.69) is 6.92 Å². The molecule has 1 aromatic rings. The maximum absolute atomic E-state index is 13.6. The molecule has 18 heavy (non-hydrogen) atoms. The van der Waals surface area contributed by atoms with Crippen LogP contribution in [-0.4, -0.2) is 25.8 Å². The standard InChI is InChI=1S/C13H18FNO2S/c1-11-5-4-9-15(10-8-11)18(16,17)13-7-3-2-6-12(13)14/h2-3,6-7,11H,4-5,8-10H2,1H3. The van der Waals surface area contributed by atoms with Gasteiger partial charge in [0, 0.05) is 13.1 Å². The van der Waals surface area contributed by atoms with E-state index in [1.54, 1.807) is 6.07 Å². The summed E-state index contributed by atoms with van der Waals surface area (Å²) < 4.78 is 39.7. The maximum Gasteiger partial charge on any atom is 0.245 e. The van der Waals surface area contributed by atoms with Gasteiger partial charge in [0.15, 0.2) is 0 Å². The fourth-order valence-corrected chi connectivity index (χ4v) is 3.83. The topological polar surface area (TPSA) is 37.4 Å². The van der Waals surface area contributed by atoms with E-state index in [-0.39, 0.29) is 4.90 Å². The molecule has 1 atom stereocenters. The quantitative estimate of drug-likeness (QED) is 0.829. The zero-order valence-electron chi connectivity index (χ0n) is 10.5. The lowest BCUT2D eigenvalue weighted by Crippen LogP contribution is -2.32. The first-order chi connectivity index (χ1) is 8.51. The van der Waals surface area contributed by atoms with Crippen molar-refractivity contribution in [3.8, 4) is 0 Å². The summed E-state index contributed by atoms with van der Waals surface area (Å²) >= 11 is 0. The maximum atomic E-state index is 13.6. The summed E-state index contributed by atoms with van der Waals surface area (Å²) in [7, 11) is -3.68. The lowest BCUT2D eigenvalue weighted by Gasteiger charge is -2.20. The van der Waals surface area contributed by atoms with Gasteiger partial charge in [-0.05, 0) is 37.3 Å². The van der Waals surface area contributed by atoms with Crippen molar-refractivity contribution in [1.82, 2.24) is 4.31 Å². The predicted octanol–water partition coefficient (Wildman–Crippen LogP) is 2.64. The van der Waals surface area contributed by atoms with Crippen LogP contribution in [0.5, 0.6) is 0 Å². The van der Waals surface area contributed by atoms with Crippen LogP contribution in [0.15, 0.2) is 29.2 Å². The molecule has 0 aromatic heterocycles. The lowest BCUT2D eigenvalue weighted by molar-refractivity contribution is 0.413. The Morgan fingerprint density at radius 2 is 1.94 bits per heavy atom. The fraction of sp³-hybridized carbons (Fsp3) is 0.538. The third kappa shape index (κ3) is 2.72. The third-order valence-corrected chi connectivity index (χ3v) is 5.36. The van der Waals surface area contributed by atoms with Crippen LogP contribution in [0.3, 0.4) is 0 Å². The summed E-state index contributed by atoms with van der Waals surface area (Å²) in [6.07, 6.45) is 2.71. The molecule has 0 radical (unpaired) electrons. The Balaban J connectivity index is 2.28. The molecule has 1 aliphatic rings. The van der Waals surface area contributed by atoms with Crippen molar-refractivity contribution < 1.29 is 12.8 Å². The molecule has 0 amide bonds. The van der Waals surface area contributed by atoms with Crippen LogP contribution in [0.1, 0.15) is 26.2 Å². The Morgan fingerprint density at radius 3 is 2.67 bits per heavy atom. The molecule has 1 heterocycles. The highest BCUT2D eigenvalue weighted by Crippen LogP contribution is 2.24. The van der Waals surface area contributed by atoms with Gasteiger partial charge in [0.05, 0.1) is 0 Å². The largest absolute Gasteiger partial charge is 0.245 e. The average Bonchev–Trinajstić information content (AvgIpc) is 2.54. The molecular formula is C13H18FNO2S. The number of hydrogen-bond acceptors (Lipinski definition) is 2. The molecule has 2 rings (SSSR count). The third-order valence-electron chi connectivity index (χ3n) is 3.43. The lowest BCUT2D eigenvalue weighted by atomic mass is 10.0. The van der Waals surface area contributed by atoms with E-state index in [9.17, 15) is 12.8 Å². The Morgan fingerprint density at radius 1 is 1.22 bits per heavy atom. The second kappa shape index (κ2) is 5.36. The first-order valence-electron chi connectivity index (χ1n) is 6.26. The number of hydrogen-bond donors (Lipinski definition) is 0. The van der Waals surface area contributed by atoms with Crippen LogP contribution in [-0.2, 0) is 10.0 Å². The summed E-state index contributed by atoms with van der Waals surface area (Å²) in [6.45, 7) is 3.10. The van der Waals surface area contributed by atoms with Crippen LogP contribution < -0.4 is 0 Å². The molecule has 0 saturated carbocycles. The summed E-state index contributed by atoms with van der Waals surface area (Å²) in [4.78, 5) is -0.209. The molecule has 1 aliphatic heterocycles. The van der Waals surface area contributed by atoms with Crippen molar-refractivity contribution >= 4 is 10.0 Å². The van der Waals surface area contributed by atoms with Crippen molar-refractivity contribution in [2.45, 2.75) is 31.1 Å². The van der Waals surface area contributed by atoms with E-state index >= 15 is 0 Å². The minimum atomic E-state index is -3.68. The molecular weight excluding hydrogens is 253 g/mol. The number of halogens is 1. The second-order valence-corrected chi connectivity index (χ2v) is 6.78. The minimum absolute atomic E-state index is 0.209. The predicted molar refractivity (Wildman–Crippen MR) is 68.2 cm³/mol. The van der Waals surface area contributed by atoms with E-state index in [1.807, 2.05) is 0 Å². The van der Waals surface area contributed by atoms with Gasteiger partial charge in [-0.15, -0.1) is 0 Å². The molecule has 100 valence electrons. The van der Waals surface area contributed by atoms with Crippen molar-refractivity contribution in [1.29, 1.82) is 0 Å². The van der Waals surface area contributed by atoms with Crippen molar-refractivity contribution in [2.75, 3.05) is 13.1 Å². The Hall–Kier alpha value is -0.940. The number of rotatable bonds is 2. The van der Waals surface area contributed by atoms with E-state index in [0.29, 0.717) is 19.0 Å². The first kappa shape index (κ1) is 13.5. The molecule has 0 aliphatic carbocycles. The van der Waals surface area contributed by atoms with E-state index in [1.165, 1.54) is 22.5 Å². The second-order valence-electron chi connectivity index (χ2n) is 4.87. The van der Waals surface area contributed by atoms with Crippen LogP contribution in [0.4, 0.5) is 4.39 Å². The SMILES string of the molecule is CC1CCCN(S(=O)(=O)c2ccccc2F)CC1. The summed E-state index contributed by atoms with van der Waals surface area (Å²) in [5.41, 5.74) is 0. The Kier molecular flexibility index (Phi) is 4.02. The van der Waals surface area contributed by atoms with Crippen LogP contribution in [0.2, 0.25) is 0 Å². The molecule has 1 aromatic carbocycles. The molecule has 0 bridgehead atoms. The van der Waals surface area contributed by atoms with Gasteiger partial charge in [-0.25, -0.2) is 12.8 Å². The fourth-order valence-electron chi connectivity index (χ4n) is 2.27. The molecule has 3 nitrogen and oxygen atoms in total. The summed E-state index contributed by atoms with van der Waals surface area (Å²) in [5, 5.41) is 0. The van der Waals surface area contributed by atoms with Gasteiger partial charge in [0.25, 0.3) is 0 Å². The molecule has 1 unspecified atom stereocenters. The first-order valence-corrected chi connectivity index (χ1v) is 7.70. The van der Waals surface area contributed by atoms with E-state index in [4.69, 9.17) is 0 Å². The zero-order chi connectivity index (χ0) is 13.2. The van der Waals surface area contributed by atoms with Gasteiger partial charge in [0.1, 0.15) is 10.7 Å². The highest BCUT2D eigenvalue weighted by Gasteiger charge is 2.28. The van der Waals surface area contributed by atoms with Gasteiger partial charge < -0.3 is 0 Å². The van der Waals surface area contributed by atoms with Gasteiger partial charge in [0.2, 0.25) is 10.0 Å². The average molecular weight is 271 g/mol. The normalized spacial score (nSPS) is 22.7. The van der Waals surface area contributed by atoms with Gasteiger partial charge in [-0.2, -0.15) is 4.31 Å². The minimum Gasteiger partial charge on any atom is -0.207 e. The highest BCUT2D eigenvalue weighted by molar-refractivity contribution is 7.89. The van der Waals surface area contributed by atoms with E-state index in [0.717, 1.165) is 19.3 Å². The summed E-state index contributed by atoms with van der Waals surface area (Å²) in [6, 6.07) is 5.57. The van der Waals surface area contributed by atoms with E-state index < -0.39 is 15.8 Å². The Labute approximate surface area is 108 Å². The van der Waals surface area contributed by atoms with Gasteiger partial charge >= 0.3 is 0 Å². The molecule has 1 saturated heterocycles. The Bertz CT molecular complexity index is 515. The van der Waals surface area contributed by atoms with Gasteiger partial charge in [-0.3, -0.25) is 0 Å². The molecule has 1 fully saturated rings.